The molecule has 1 aromatic heterocycles. The number of carbonyl (C=O) groups excluding carboxylic acids is 1. The van der Waals surface area contributed by atoms with Gasteiger partial charge in [0, 0.05) is 31.3 Å². The summed E-state index contributed by atoms with van der Waals surface area (Å²) < 4.78 is 2.13. The largest absolute Gasteiger partial charge is 0.352 e. The summed E-state index contributed by atoms with van der Waals surface area (Å²) in [5, 5.41) is 12.9. The summed E-state index contributed by atoms with van der Waals surface area (Å²) in [7, 11) is 2.06. The van der Waals surface area contributed by atoms with Crippen LogP contribution in [0.15, 0.2) is 35.5 Å². The van der Waals surface area contributed by atoms with Crippen LogP contribution in [0.5, 0.6) is 0 Å². The number of likely N-dealkylation sites (tertiary alicyclic amines) is 1. The molecule has 1 aromatic carbocycles. The van der Waals surface area contributed by atoms with E-state index < -0.39 is 0 Å². The van der Waals surface area contributed by atoms with Gasteiger partial charge in [-0.05, 0) is 37.8 Å². The van der Waals surface area contributed by atoms with E-state index in [9.17, 15) is 4.79 Å². The predicted molar refractivity (Wildman–Crippen MR) is 107 cm³/mol. The lowest BCUT2D eigenvalue weighted by Crippen LogP contribution is -2.42. The van der Waals surface area contributed by atoms with Gasteiger partial charge >= 0.3 is 0 Å². The fourth-order valence-electron chi connectivity index (χ4n) is 3.64. The van der Waals surface area contributed by atoms with Crippen molar-refractivity contribution in [2.45, 2.75) is 48.6 Å². The molecule has 144 valence electrons. The van der Waals surface area contributed by atoms with Crippen LogP contribution in [0.25, 0.3) is 0 Å². The molecule has 2 heterocycles. The molecule has 2 aromatic rings. The standard InChI is InChI=1S/C20H27N5OS/c1-24-19(22-23-20(24)27-14-15-6-3-2-4-7-15)16-8-5-11-25(12-16)13-18(26)21-17-9-10-17/h2-4,6-7,16-17H,5,8-14H2,1H3,(H,21,26)/t16-/m0/s1. The lowest BCUT2D eigenvalue weighted by atomic mass is 9.97. The third-order valence-electron chi connectivity index (χ3n) is 5.26. The summed E-state index contributed by atoms with van der Waals surface area (Å²) in [4.78, 5) is 14.4. The highest BCUT2D eigenvalue weighted by Crippen LogP contribution is 2.29. The van der Waals surface area contributed by atoms with E-state index in [0.29, 0.717) is 18.5 Å². The fourth-order valence-corrected chi connectivity index (χ4v) is 4.52. The van der Waals surface area contributed by atoms with Crippen molar-refractivity contribution >= 4 is 17.7 Å². The number of hydrogen-bond donors (Lipinski definition) is 1. The van der Waals surface area contributed by atoms with E-state index in [4.69, 9.17) is 0 Å². The van der Waals surface area contributed by atoms with E-state index in [2.05, 4.69) is 56.3 Å². The molecule has 1 saturated heterocycles. The Morgan fingerprint density at radius 1 is 1.22 bits per heavy atom. The molecule has 0 spiro atoms. The van der Waals surface area contributed by atoms with Gasteiger partial charge in [0.05, 0.1) is 6.54 Å². The minimum atomic E-state index is 0.162. The summed E-state index contributed by atoms with van der Waals surface area (Å²) in [6.07, 6.45) is 4.48. The molecular weight excluding hydrogens is 358 g/mol. The lowest BCUT2D eigenvalue weighted by molar-refractivity contribution is -0.122. The Morgan fingerprint density at radius 3 is 2.81 bits per heavy atom. The molecule has 4 rings (SSSR count). The predicted octanol–water partition coefficient (Wildman–Crippen LogP) is 2.57. The minimum Gasteiger partial charge on any atom is -0.352 e. The topological polar surface area (TPSA) is 63.1 Å². The van der Waals surface area contributed by atoms with Gasteiger partial charge in [0.25, 0.3) is 0 Å². The molecule has 1 atom stereocenters. The van der Waals surface area contributed by atoms with E-state index in [0.717, 1.165) is 55.5 Å². The van der Waals surface area contributed by atoms with Crippen LogP contribution in [0.1, 0.15) is 43.0 Å². The molecule has 2 fully saturated rings. The van der Waals surface area contributed by atoms with Gasteiger partial charge in [-0.3, -0.25) is 9.69 Å². The zero-order chi connectivity index (χ0) is 18.6. The van der Waals surface area contributed by atoms with Crippen LogP contribution in [-0.2, 0) is 17.6 Å². The van der Waals surface area contributed by atoms with Crippen molar-refractivity contribution in [3.8, 4) is 0 Å². The van der Waals surface area contributed by atoms with Gasteiger partial charge in [0.15, 0.2) is 5.16 Å². The molecule has 1 saturated carbocycles. The summed E-state index contributed by atoms with van der Waals surface area (Å²) in [6, 6.07) is 10.9. The third-order valence-corrected chi connectivity index (χ3v) is 6.35. The number of nitrogens with zero attached hydrogens (tertiary/aromatic N) is 4. The van der Waals surface area contributed by atoms with Crippen LogP contribution in [0.2, 0.25) is 0 Å². The van der Waals surface area contributed by atoms with Crippen LogP contribution in [0, 0.1) is 0 Å². The maximum atomic E-state index is 12.1. The third kappa shape index (κ3) is 4.90. The van der Waals surface area contributed by atoms with Crippen LogP contribution < -0.4 is 5.32 Å². The van der Waals surface area contributed by atoms with Crippen LogP contribution in [0.3, 0.4) is 0 Å². The van der Waals surface area contributed by atoms with E-state index in [-0.39, 0.29) is 5.91 Å². The number of amides is 1. The number of thioether (sulfide) groups is 1. The average Bonchev–Trinajstić information content (AvgIpc) is 3.41. The molecule has 2 aliphatic rings. The number of carbonyl (C=O) groups is 1. The van der Waals surface area contributed by atoms with Gasteiger partial charge in [-0.25, -0.2) is 0 Å². The molecular formula is C20H27N5OS. The summed E-state index contributed by atoms with van der Waals surface area (Å²) in [5.74, 6) is 2.44. The minimum absolute atomic E-state index is 0.162. The molecule has 0 bridgehead atoms. The normalized spacial score (nSPS) is 20.6. The first kappa shape index (κ1) is 18.5. The van der Waals surface area contributed by atoms with Crippen LogP contribution in [0.4, 0.5) is 0 Å². The number of piperidine rings is 1. The first-order valence-corrected chi connectivity index (χ1v) is 10.8. The van der Waals surface area contributed by atoms with Crippen molar-refractivity contribution in [3.63, 3.8) is 0 Å². The second kappa shape index (κ2) is 8.44. The quantitative estimate of drug-likeness (QED) is 0.742. The van der Waals surface area contributed by atoms with Crippen LogP contribution >= 0.6 is 11.8 Å². The van der Waals surface area contributed by atoms with Crippen molar-refractivity contribution in [1.29, 1.82) is 0 Å². The Hall–Kier alpha value is -1.86. The fraction of sp³-hybridized carbons (Fsp3) is 0.550. The maximum Gasteiger partial charge on any atom is 0.234 e. The van der Waals surface area contributed by atoms with Gasteiger partial charge in [-0.2, -0.15) is 0 Å². The van der Waals surface area contributed by atoms with E-state index in [1.54, 1.807) is 11.8 Å². The smallest absolute Gasteiger partial charge is 0.234 e. The summed E-state index contributed by atoms with van der Waals surface area (Å²) in [5.41, 5.74) is 1.29. The summed E-state index contributed by atoms with van der Waals surface area (Å²) in [6.45, 7) is 2.37. The highest BCUT2D eigenvalue weighted by molar-refractivity contribution is 7.98. The average molecular weight is 386 g/mol. The van der Waals surface area contributed by atoms with Gasteiger partial charge in [-0.15, -0.1) is 10.2 Å². The molecule has 7 heteroatoms. The van der Waals surface area contributed by atoms with Gasteiger partial charge in [0.2, 0.25) is 5.91 Å². The first-order valence-electron chi connectivity index (χ1n) is 9.77. The molecule has 0 unspecified atom stereocenters. The second-order valence-electron chi connectivity index (χ2n) is 7.59. The number of aromatic nitrogens is 3. The van der Waals surface area contributed by atoms with Crippen molar-refractivity contribution in [3.05, 3.63) is 41.7 Å². The number of rotatable bonds is 7. The highest BCUT2D eigenvalue weighted by Gasteiger charge is 2.28. The van der Waals surface area contributed by atoms with Gasteiger partial charge in [0.1, 0.15) is 5.82 Å². The van der Waals surface area contributed by atoms with E-state index in [1.165, 1.54) is 5.56 Å². The van der Waals surface area contributed by atoms with Gasteiger partial charge < -0.3 is 9.88 Å². The first-order chi connectivity index (χ1) is 13.2. The molecule has 1 amide bonds. The van der Waals surface area contributed by atoms with E-state index in [1.807, 2.05) is 6.07 Å². The van der Waals surface area contributed by atoms with Crippen LogP contribution in [-0.4, -0.2) is 51.2 Å². The molecule has 1 aliphatic carbocycles. The molecule has 0 radical (unpaired) electrons. The second-order valence-corrected chi connectivity index (χ2v) is 8.53. The maximum absolute atomic E-state index is 12.1. The summed E-state index contributed by atoms with van der Waals surface area (Å²) >= 11 is 1.72. The molecule has 27 heavy (non-hydrogen) atoms. The Kier molecular flexibility index (Phi) is 5.78. The van der Waals surface area contributed by atoms with Crippen molar-refractivity contribution in [2.75, 3.05) is 19.6 Å². The number of nitrogens with one attached hydrogen (secondary N) is 1. The van der Waals surface area contributed by atoms with Crippen molar-refractivity contribution in [2.24, 2.45) is 7.05 Å². The lowest BCUT2D eigenvalue weighted by Gasteiger charge is -2.31. The highest BCUT2D eigenvalue weighted by atomic mass is 32.2. The monoisotopic (exact) mass is 385 g/mol. The SMILES string of the molecule is Cn1c(SCc2ccccc2)nnc1[C@H]1CCCN(CC(=O)NC2CC2)C1. The Balaban J connectivity index is 1.34. The zero-order valence-electron chi connectivity index (χ0n) is 15.8. The number of benzene rings is 1. The zero-order valence-corrected chi connectivity index (χ0v) is 16.6. The molecule has 1 N–H and O–H groups in total. The van der Waals surface area contributed by atoms with Crippen molar-refractivity contribution < 1.29 is 4.79 Å². The van der Waals surface area contributed by atoms with Crippen molar-refractivity contribution in [1.82, 2.24) is 25.0 Å². The Morgan fingerprint density at radius 2 is 2.04 bits per heavy atom. The van der Waals surface area contributed by atoms with E-state index >= 15 is 0 Å². The number of hydrogen-bond acceptors (Lipinski definition) is 5. The van der Waals surface area contributed by atoms with Gasteiger partial charge in [-0.1, -0.05) is 42.1 Å². The molecule has 6 nitrogen and oxygen atoms in total. The molecule has 1 aliphatic heterocycles. The Bertz CT molecular complexity index is 774. The Labute approximate surface area is 164 Å².